The van der Waals surface area contributed by atoms with Gasteiger partial charge in [-0.2, -0.15) is 0 Å². The van der Waals surface area contributed by atoms with Gasteiger partial charge in [0.15, 0.2) is 0 Å². The van der Waals surface area contributed by atoms with Crippen LogP contribution in [0.2, 0.25) is 0 Å². The average Bonchev–Trinajstić information content (AvgIpc) is 2.36. The number of rotatable bonds is 6. The Morgan fingerprint density at radius 2 is 2.00 bits per heavy atom. The van der Waals surface area contributed by atoms with E-state index < -0.39 is 6.04 Å². The summed E-state index contributed by atoms with van der Waals surface area (Å²) in [7, 11) is 0. The largest absolute Gasteiger partial charge is 0.396 e. The fourth-order valence-corrected chi connectivity index (χ4v) is 1.64. The molecule has 0 aliphatic carbocycles. The molecule has 1 rings (SSSR count). The highest BCUT2D eigenvalue weighted by molar-refractivity contribution is 5.82. The van der Waals surface area contributed by atoms with E-state index in [0.29, 0.717) is 13.0 Å². The zero-order valence-electron chi connectivity index (χ0n) is 11.0. The fourth-order valence-electron chi connectivity index (χ4n) is 1.64. The van der Waals surface area contributed by atoms with Crippen molar-refractivity contribution in [3.05, 3.63) is 35.9 Å². The number of carbonyl (C=O) groups is 1. The first-order valence-corrected chi connectivity index (χ1v) is 6.15. The minimum Gasteiger partial charge on any atom is -0.396 e. The molecule has 0 aliphatic heterocycles. The molecule has 4 heteroatoms. The Morgan fingerprint density at radius 3 is 2.56 bits per heavy atom. The Labute approximate surface area is 108 Å². The van der Waals surface area contributed by atoms with Crippen LogP contribution in [-0.4, -0.2) is 24.2 Å². The minimum atomic E-state index is -0.642. The molecule has 0 bridgehead atoms. The summed E-state index contributed by atoms with van der Waals surface area (Å²) >= 11 is 0. The Bertz CT molecular complexity index is 377. The van der Waals surface area contributed by atoms with Crippen molar-refractivity contribution in [3.8, 4) is 0 Å². The van der Waals surface area contributed by atoms with Gasteiger partial charge in [0.05, 0.1) is 0 Å². The van der Waals surface area contributed by atoms with Crippen molar-refractivity contribution < 1.29 is 9.90 Å². The molecular formula is C14H22N2O2. The zero-order chi connectivity index (χ0) is 13.6. The predicted octanol–water partition coefficient (Wildman–Crippen LogP) is 1.21. The van der Waals surface area contributed by atoms with E-state index in [1.807, 2.05) is 44.2 Å². The average molecular weight is 250 g/mol. The van der Waals surface area contributed by atoms with Crippen LogP contribution in [0.3, 0.4) is 0 Å². The summed E-state index contributed by atoms with van der Waals surface area (Å²) in [6.07, 6.45) is 0.647. The Hall–Kier alpha value is -1.39. The maximum absolute atomic E-state index is 11.9. The van der Waals surface area contributed by atoms with Crippen LogP contribution in [0, 0.1) is 5.41 Å². The third kappa shape index (κ3) is 4.47. The smallest absolute Gasteiger partial charge is 0.241 e. The zero-order valence-corrected chi connectivity index (χ0v) is 11.0. The van der Waals surface area contributed by atoms with Gasteiger partial charge in [-0.25, -0.2) is 0 Å². The number of benzene rings is 1. The second-order valence-electron chi connectivity index (χ2n) is 5.24. The molecule has 0 saturated heterocycles. The molecule has 0 aliphatic rings. The third-order valence-corrected chi connectivity index (χ3v) is 2.97. The number of carbonyl (C=O) groups excluding carboxylic acids is 1. The van der Waals surface area contributed by atoms with E-state index in [1.165, 1.54) is 0 Å². The number of aliphatic hydroxyl groups is 1. The van der Waals surface area contributed by atoms with E-state index in [-0.39, 0.29) is 17.9 Å². The van der Waals surface area contributed by atoms with Gasteiger partial charge in [0.1, 0.15) is 6.04 Å². The van der Waals surface area contributed by atoms with Gasteiger partial charge in [-0.3, -0.25) is 4.79 Å². The van der Waals surface area contributed by atoms with Crippen LogP contribution in [0.25, 0.3) is 0 Å². The molecule has 0 spiro atoms. The van der Waals surface area contributed by atoms with Gasteiger partial charge in [0.25, 0.3) is 0 Å². The molecule has 1 aromatic rings. The molecule has 1 unspecified atom stereocenters. The van der Waals surface area contributed by atoms with Crippen LogP contribution >= 0.6 is 0 Å². The summed E-state index contributed by atoms with van der Waals surface area (Å²) < 4.78 is 0. The molecular weight excluding hydrogens is 228 g/mol. The Morgan fingerprint density at radius 1 is 1.39 bits per heavy atom. The SMILES string of the molecule is CC(C)(CCO)CNC(=O)C(N)c1ccccc1. The lowest BCUT2D eigenvalue weighted by atomic mass is 9.89. The maximum Gasteiger partial charge on any atom is 0.241 e. The molecule has 0 heterocycles. The molecule has 1 atom stereocenters. The second kappa shape index (κ2) is 6.52. The highest BCUT2D eigenvalue weighted by Gasteiger charge is 2.21. The lowest BCUT2D eigenvalue weighted by Crippen LogP contribution is -2.39. The summed E-state index contributed by atoms with van der Waals surface area (Å²) in [6, 6.07) is 8.64. The molecule has 0 radical (unpaired) electrons. The number of amides is 1. The summed E-state index contributed by atoms with van der Waals surface area (Å²) in [5.74, 6) is -0.188. The van der Waals surface area contributed by atoms with Crippen molar-refractivity contribution >= 4 is 5.91 Å². The van der Waals surface area contributed by atoms with E-state index in [1.54, 1.807) is 0 Å². The number of hydrogen-bond acceptors (Lipinski definition) is 3. The van der Waals surface area contributed by atoms with Crippen LogP contribution < -0.4 is 11.1 Å². The monoisotopic (exact) mass is 250 g/mol. The van der Waals surface area contributed by atoms with Crippen LogP contribution in [0.4, 0.5) is 0 Å². The quantitative estimate of drug-likeness (QED) is 0.710. The van der Waals surface area contributed by atoms with Crippen molar-refractivity contribution in [2.45, 2.75) is 26.3 Å². The highest BCUT2D eigenvalue weighted by atomic mass is 16.3. The summed E-state index contributed by atoms with van der Waals surface area (Å²) in [5.41, 5.74) is 6.56. The highest BCUT2D eigenvalue weighted by Crippen LogP contribution is 2.18. The van der Waals surface area contributed by atoms with Gasteiger partial charge in [-0.05, 0) is 17.4 Å². The number of nitrogens with two attached hydrogens (primary N) is 1. The van der Waals surface area contributed by atoms with Crippen molar-refractivity contribution in [1.29, 1.82) is 0 Å². The first kappa shape index (κ1) is 14.7. The van der Waals surface area contributed by atoms with Crippen LogP contribution in [-0.2, 0) is 4.79 Å². The molecule has 1 aromatic carbocycles. The van der Waals surface area contributed by atoms with Crippen molar-refractivity contribution in [1.82, 2.24) is 5.32 Å². The molecule has 4 nitrogen and oxygen atoms in total. The molecule has 0 fully saturated rings. The molecule has 0 aromatic heterocycles. The molecule has 1 amide bonds. The minimum absolute atomic E-state index is 0.119. The fraction of sp³-hybridized carbons (Fsp3) is 0.500. The standard InChI is InChI=1S/C14H22N2O2/c1-14(2,8-9-17)10-16-13(18)12(15)11-6-4-3-5-7-11/h3-7,12,17H,8-10,15H2,1-2H3,(H,16,18). The first-order valence-electron chi connectivity index (χ1n) is 6.15. The second-order valence-corrected chi connectivity index (χ2v) is 5.24. The lowest BCUT2D eigenvalue weighted by molar-refractivity contribution is -0.123. The number of aliphatic hydroxyl groups excluding tert-OH is 1. The summed E-state index contributed by atoms with van der Waals surface area (Å²) in [4.78, 5) is 11.9. The first-order chi connectivity index (χ1) is 8.46. The van der Waals surface area contributed by atoms with Gasteiger partial charge in [0, 0.05) is 13.2 Å². The van der Waals surface area contributed by atoms with Gasteiger partial charge in [-0.1, -0.05) is 44.2 Å². The van der Waals surface area contributed by atoms with Gasteiger partial charge in [0.2, 0.25) is 5.91 Å². The molecule has 100 valence electrons. The van der Waals surface area contributed by atoms with Gasteiger partial charge >= 0.3 is 0 Å². The maximum atomic E-state index is 11.9. The summed E-state index contributed by atoms with van der Waals surface area (Å²) in [6.45, 7) is 4.62. The number of hydrogen-bond donors (Lipinski definition) is 3. The lowest BCUT2D eigenvalue weighted by Gasteiger charge is -2.24. The van der Waals surface area contributed by atoms with Crippen molar-refractivity contribution in [2.75, 3.05) is 13.2 Å². The molecule has 4 N–H and O–H groups in total. The van der Waals surface area contributed by atoms with E-state index in [9.17, 15) is 4.79 Å². The Balaban J connectivity index is 2.51. The van der Waals surface area contributed by atoms with E-state index >= 15 is 0 Å². The van der Waals surface area contributed by atoms with Crippen LogP contribution in [0.15, 0.2) is 30.3 Å². The molecule has 18 heavy (non-hydrogen) atoms. The van der Waals surface area contributed by atoms with E-state index in [2.05, 4.69) is 5.32 Å². The van der Waals surface area contributed by atoms with Crippen molar-refractivity contribution in [3.63, 3.8) is 0 Å². The van der Waals surface area contributed by atoms with Gasteiger partial charge < -0.3 is 16.2 Å². The predicted molar refractivity (Wildman–Crippen MR) is 71.9 cm³/mol. The van der Waals surface area contributed by atoms with Crippen LogP contribution in [0.5, 0.6) is 0 Å². The number of nitrogens with one attached hydrogen (secondary N) is 1. The topological polar surface area (TPSA) is 75.3 Å². The van der Waals surface area contributed by atoms with Crippen LogP contribution in [0.1, 0.15) is 31.9 Å². The third-order valence-electron chi connectivity index (χ3n) is 2.97. The normalized spacial score (nSPS) is 13.1. The van der Waals surface area contributed by atoms with Crippen molar-refractivity contribution in [2.24, 2.45) is 11.1 Å². The Kier molecular flexibility index (Phi) is 5.31. The van der Waals surface area contributed by atoms with E-state index in [4.69, 9.17) is 10.8 Å². The van der Waals surface area contributed by atoms with E-state index in [0.717, 1.165) is 5.56 Å². The molecule has 0 saturated carbocycles. The summed E-state index contributed by atoms with van der Waals surface area (Å²) in [5, 5.41) is 11.7. The van der Waals surface area contributed by atoms with Gasteiger partial charge in [-0.15, -0.1) is 0 Å².